The SMILES string of the molecule is Nc1[nH]c(=S)nc2c1C(c1ccc(N3CCCCC3)cc1)c1c([nH]c(=S)[nH]c1=O)N2. The van der Waals surface area contributed by atoms with Crippen LogP contribution >= 0.6 is 24.4 Å². The van der Waals surface area contributed by atoms with Gasteiger partial charge < -0.3 is 25.9 Å². The summed E-state index contributed by atoms with van der Waals surface area (Å²) in [6.07, 6.45) is 3.72. The van der Waals surface area contributed by atoms with Crippen molar-refractivity contribution in [1.29, 1.82) is 0 Å². The van der Waals surface area contributed by atoms with Crippen molar-refractivity contribution in [2.75, 3.05) is 29.0 Å². The van der Waals surface area contributed by atoms with Crippen LogP contribution < -0.4 is 21.5 Å². The molecule has 10 heteroatoms. The van der Waals surface area contributed by atoms with Gasteiger partial charge in [-0.3, -0.25) is 9.78 Å². The van der Waals surface area contributed by atoms with Gasteiger partial charge in [-0.25, -0.2) is 4.98 Å². The van der Waals surface area contributed by atoms with E-state index in [0.717, 1.165) is 18.7 Å². The summed E-state index contributed by atoms with van der Waals surface area (Å²) in [7, 11) is 0. The van der Waals surface area contributed by atoms with Gasteiger partial charge >= 0.3 is 0 Å². The maximum absolute atomic E-state index is 12.9. The molecule has 1 aromatic carbocycles. The van der Waals surface area contributed by atoms with Crippen LogP contribution in [0.1, 0.15) is 41.9 Å². The van der Waals surface area contributed by atoms with E-state index in [9.17, 15) is 4.79 Å². The first kappa shape index (κ1) is 19.0. The molecule has 3 aromatic rings. The van der Waals surface area contributed by atoms with Crippen molar-refractivity contribution < 1.29 is 0 Å². The number of anilines is 4. The van der Waals surface area contributed by atoms with Crippen molar-refractivity contribution in [1.82, 2.24) is 19.9 Å². The van der Waals surface area contributed by atoms with Crippen LogP contribution in [0.25, 0.3) is 0 Å². The molecule has 0 aliphatic carbocycles. The molecule has 1 saturated heterocycles. The number of fused-ring (bicyclic) bond motifs is 2. The highest BCUT2D eigenvalue weighted by Gasteiger charge is 2.33. The molecule has 1 atom stereocenters. The smallest absolute Gasteiger partial charge is 0.257 e. The lowest BCUT2D eigenvalue weighted by molar-refractivity contribution is 0.578. The van der Waals surface area contributed by atoms with Crippen LogP contribution in [-0.2, 0) is 0 Å². The molecule has 0 spiro atoms. The largest absolute Gasteiger partial charge is 0.385 e. The summed E-state index contributed by atoms with van der Waals surface area (Å²) < 4.78 is 0.507. The number of rotatable bonds is 2. The van der Waals surface area contributed by atoms with E-state index >= 15 is 0 Å². The van der Waals surface area contributed by atoms with Crippen LogP contribution in [0.2, 0.25) is 0 Å². The van der Waals surface area contributed by atoms with E-state index in [4.69, 9.17) is 30.2 Å². The third kappa shape index (κ3) is 3.21. The summed E-state index contributed by atoms with van der Waals surface area (Å²) >= 11 is 10.3. The normalized spacial score (nSPS) is 17.7. The van der Waals surface area contributed by atoms with Crippen LogP contribution in [0.3, 0.4) is 0 Å². The summed E-state index contributed by atoms with van der Waals surface area (Å²) in [4.78, 5) is 28.3. The molecule has 0 saturated carbocycles. The third-order valence-corrected chi connectivity index (χ3v) is 6.15. The van der Waals surface area contributed by atoms with Crippen LogP contribution in [0.15, 0.2) is 29.1 Å². The molecule has 5 rings (SSSR count). The van der Waals surface area contributed by atoms with Crippen molar-refractivity contribution in [3.8, 4) is 0 Å². The molecular weight excluding hydrogens is 418 g/mol. The molecular formula is C20H21N7OS2. The van der Waals surface area contributed by atoms with E-state index in [0.29, 0.717) is 28.6 Å². The number of nitrogens with two attached hydrogens (primary N) is 1. The van der Waals surface area contributed by atoms with Gasteiger partial charge in [0.05, 0.1) is 11.5 Å². The number of nitrogens with zero attached hydrogens (tertiary/aromatic N) is 2. The van der Waals surface area contributed by atoms with Gasteiger partial charge in [0.15, 0.2) is 9.54 Å². The quantitative estimate of drug-likeness (QED) is 0.302. The molecule has 0 amide bonds. The molecule has 154 valence electrons. The Morgan fingerprint density at radius 1 is 1.00 bits per heavy atom. The lowest BCUT2D eigenvalue weighted by Gasteiger charge is -2.30. The first-order chi connectivity index (χ1) is 14.5. The first-order valence-electron chi connectivity index (χ1n) is 9.89. The average molecular weight is 440 g/mol. The van der Waals surface area contributed by atoms with Crippen LogP contribution in [-0.4, -0.2) is 33.0 Å². The zero-order chi connectivity index (χ0) is 20.8. The van der Waals surface area contributed by atoms with E-state index in [2.05, 4.69) is 54.4 Å². The summed E-state index contributed by atoms with van der Waals surface area (Å²) in [6, 6.07) is 8.32. The lowest BCUT2D eigenvalue weighted by atomic mass is 9.84. The Morgan fingerprint density at radius 2 is 1.73 bits per heavy atom. The minimum Gasteiger partial charge on any atom is -0.385 e. The van der Waals surface area contributed by atoms with Gasteiger partial charge in [-0.05, 0) is 61.4 Å². The fourth-order valence-electron chi connectivity index (χ4n) is 4.38. The second-order valence-corrected chi connectivity index (χ2v) is 8.41. The number of piperidine rings is 1. The monoisotopic (exact) mass is 439 g/mol. The molecule has 4 heterocycles. The van der Waals surface area contributed by atoms with Crippen LogP contribution in [0, 0.1) is 9.54 Å². The molecule has 1 unspecified atom stereocenters. The predicted molar refractivity (Wildman–Crippen MR) is 123 cm³/mol. The Morgan fingerprint density at radius 3 is 2.47 bits per heavy atom. The molecule has 2 aromatic heterocycles. The number of hydrogen-bond donors (Lipinski definition) is 5. The molecule has 8 nitrogen and oxygen atoms in total. The highest BCUT2D eigenvalue weighted by molar-refractivity contribution is 7.71. The van der Waals surface area contributed by atoms with Crippen molar-refractivity contribution in [2.45, 2.75) is 25.2 Å². The number of nitrogens with one attached hydrogen (secondary N) is 4. The fourth-order valence-corrected chi connectivity index (χ4v) is 4.78. The van der Waals surface area contributed by atoms with Gasteiger partial charge in [0.25, 0.3) is 5.56 Å². The summed E-state index contributed by atoms with van der Waals surface area (Å²) in [5.41, 5.74) is 9.37. The van der Waals surface area contributed by atoms with Gasteiger partial charge in [0, 0.05) is 24.3 Å². The number of aromatic amines is 3. The van der Waals surface area contributed by atoms with E-state index in [-0.39, 0.29) is 15.1 Å². The number of H-pyrrole nitrogens is 3. The van der Waals surface area contributed by atoms with E-state index in [1.54, 1.807) is 0 Å². The van der Waals surface area contributed by atoms with E-state index < -0.39 is 5.92 Å². The third-order valence-electron chi connectivity index (χ3n) is 5.75. The molecule has 2 aliphatic rings. The first-order valence-corrected chi connectivity index (χ1v) is 10.7. The number of benzene rings is 1. The van der Waals surface area contributed by atoms with Crippen molar-refractivity contribution in [3.63, 3.8) is 0 Å². The average Bonchev–Trinajstić information content (AvgIpc) is 2.72. The Kier molecular flexibility index (Phi) is 4.67. The molecule has 6 N–H and O–H groups in total. The molecule has 1 fully saturated rings. The maximum Gasteiger partial charge on any atom is 0.257 e. The van der Waals surface area contributed by atoms with Crippen LogP contribution in [0.5, 0.6) is 0 Å². The van der Waals surface area contributed by atoms with Crippen molar-refractivity contribution in [2.24, 2.45) is 0 Å². The molecule has 0 bridgehead atoms. The maximum atomic E-state index is 12.9. The number of aromatic nitrogens is 4. The topological polar surface area (TPSA) is 119 Å². The van der Waals surface area contributed by atoms with Gasteiger partial charge in [-0.1, -0.05) is 12.1 Å². The zero-order valence-electron chi connectivity index (χ0n) is 16.1. The summed E-state index contributed by atoms with van der Waals surface area (Å²) in [5.74, 6) is 0.996. The van der Waals surface area contributed by atoms with Gasteiger partial charge in [-0.2, -0.15) is 0 Å². The Balaban J connectivity index is 1.67. The number of nitrogen functional groups attached to an aromatic ring is 1. The second-order valence-electron chi connectivity index (χ2n) is 7.61. The fraction of sp³-hybridized carbons (Fsp3) is 0.300. The number of hydrogen-bond acceptors (Lipinski definition) is 7. The van der Waals surface area contributed by atoms with E-state index in [1.807, 2.05) is 0 Å². The Labute approximate surface area is 182 Å². The van der Waals surface area contributed by atoms with Gasteiger partial charge in [0.2, 0.25) is 0 Å². The van der Waals surface area contributed by atoms with Crippen molar-refractivity contribution in [3.05, 3.63) is 60.9 Å². The Hall–Kier alpha value is -2.98. The lowest BCUT2D eigenvalue weighted by Crippen LogP contribution is -2.29. The predicted octanol–water partition coefficient (Wildman–Crippen LogP) is 3.69. The summed E-state index contributed by atoms with van der Waals surface area (Å²) in [5, 5.41) is 3.14. The summed E-state index contributed by atoms with van der Waals surface area (Å²) in [6.45, 7) is 2.14. The van der Waals surface area contributed by atoms with Crippen LogP contribution in [0.4, 0.5) is 23.1 Å². The molecule has 30 heavy (non-hydrogen) atoms. The van der Waals surface area contributed by atoms with Gasteiger partial charge in [-0.15, -0.1) is 0 Å². The molecule has 0 radical (unpaired) electrons. The minimum absolute atomic E-state index is 0.239. The molecule has 2 aliphatic heterocycles. The highest BCUT2D eigenvalue weighted by atomic mass is 32.1. The Bertz CT molecular complexity index is 1290. The second kappa shape index (κ2) is 7.37. The zero-order valence-corrected chi connectivity index (χ0v) is 17.8. The standard InChI is InChI=1S/C20H21N7OS2/c21-15-13-12(10-4-6-11(7-5-10)27-8-2-1-3-9-27)14-17(25-20(30)26-18(14)28)23-16(13)24-19(29)22-15/h4-7,12H,1-3,8-9H2,(H6,21,22,23,24,25,26,28,29,30). The van der Waals surface area contributed by atoms with Crippen molar-refractivity contribution >= 4 is 47.6 Å². The van der Waals surface area contributed by atoms with Gasteiger partial charge in [0.1, 0.15) is 17.5 Å². The van der Waals surface area contributed by atoms with E-state index in [1.165, 1.54) is 24.9 Å². The minimum atomic E-state index is -0.415. The highest BCUT2D eigenvalue weighted by Crippen LogP contribution is 2.43.